The lowest BCUT2D eigenvalue weighted by Gasteiger charge is -2.28. The summed E-state index contributed by atoms with van der Waals surface area (Å²) in [5.41, 5.74) is 6.82. The van der Waals surface area contributed by atoms with Crippen LogP contribution in [0.15, 0.2) is 24.3 Å². The van der Waals surface area contributed by atoms with Crippen LogP contribution < -0.4 is 5.73 Å². The van der Waals surface area contributed by atoms with E-state index in [0.717, 1.165) is 18.4 Å². The number of anilines is 1. The first-order valence-electron chi connectivity index (χ1n) is 5.73. The molecular weight excluding hydrogens is 186 g/mol. The van der Waals surface area contributed by atoms with Crippen molar-refractivity contribution in [3.63, 3.8) is 0 Å². The molecule has 1 atom stereocenters. The third-order valence-corrected chi connectivity index (χ3v) is 3.37. The third kappa shape index (κ3) is 2.15. The number of para-hydroxylation sites is 1. The zero-order valence-corrected chi connectivity index (χ0v) is 9.24. The summed E-state index contributed by atoms with van der Waals surface area (Å²) in [6.45, 7) is 2.02. The van der Waals surface area contributed by atoms with Crippen molar-refractivity contribution < 1.29 is 5.11 Å². The Morgan fingerprint density at radius 3 is 2.60 bits per heavy atom. The van der Waals surface area contributed by atoms with Crippen molar-refractivity contribution >= 4 is 5.69 Å². The highest BCUT2D eigenvalue weighted by Crippen LogP contribution is 2.43. The molecule has 1 fully saturated rings. The fourth-order valence-corrected chi connectivity index (χ4v) is 2.17. The Morgan fingerprint density at radius 1 is 1.40 bits per heavy atom. The normalized spacial score (nSPS) is 19.9. The summed E-state index contributed by atoms with van der Waals surface area (Å²) in [5, 5.41) is 10.6. The highest BCUT2D eigenvalue weighted by molar-refractivity contribution is 5.49. The molecule has 1 aromatic carbocycles. The highest BCUT2D eigenvalue weighted by atomic mass is 16.3. The van der Waals surface area contributed by atoms with Gasteiger partial charge < -0.3 is 10.8 Å². The quantitative estimate of drug-likeness (QED) is 0.742. The molecule has 0 radical (unpaired) electrons. The number of hydrogen-bond acceptors (Lipinski definition) is 2. The molecule has 82 valence electrons. The molecule has 0 heterocycles. The molecule has 0 amide bonds. The highest BCUT2D eigenvalue weighted by Gasteiger charge is 2.36. The van der Waals surface area contributed by atoms with E-state index in [-0.39, 0.29) is 0 Å². The Morgan fingerprint density at radius 2 is 2.07 bits per heavy atom. The largest absolute Gasteiger partial charge is 0.398 e. The van der Waals surface area contributed by atoms with Crippen LogP contribution in [0.3, 0.4) is 0 Å². The molecule has 2 nitrogen and oxygen atoms in total. The maximum atomic E-state index is 10.6. The lowest BCUT2D eigenvalue weighted by Crippen LogP contribution is -2.26. The molecule has 0 aliphatic heterocycles. The zero-order chi connectivity index (χ0) is 10.9. The van der Waals surface area contributed by atoms with Crippen molar-refractivity contribution in [3.8, 4) is 0 Å². The van der Waals surface area contributed by atoms with Crippen LogP contribution >= 0.6 is 0 Å². The Kier molecular flexibility index (Phi) is 2.70. The summed E-state index contributed by atoms with van der Waals surface area (Å²) in [5.74, 6) is 0.703. The van der Waals surface area contributed by atoms with E-state index in [1.807, 2.05) is 31.2 Å². The van der Waals surface area contributed by atoms with Gasteiger partial charge in [0, 0.05) is 11.3 Å². The van der Waals surface area contributed by atoms with Gasteiger partial charge in [0.2, 0.25) is 0 Å². The molecule has 1 aromatic rings. The van der Waals surface area contributed by atoms with Gasteiger partial charge in [-0.25, -0.2) is 0 Å². The Hall–Kier alpha value is -1.02. The van der Waals surface area contributed by atoms with Crippen molar-refractivity contribution in [2.75, 3.05) is 5.73 Å². The Bertz CT molecular complexity index is 346. The minimum absolute atomic E-state index is 0.703. The van der Waals surface area contributed by atoms with Gasteiger partial charge in [0.1, 0.15) is 0 Å². The van der Waals surface area contributed by atoms with Crippen LogP contribution in [-0.2, 0) is 5.60 Å². The van der Waals surface area contributed by atoms with Gasteiger partial charge in [-0.05, 0) is 24.8 Å². The van der Waals surface area contributed by atoms with Crippen LogP contribution in [0.4, 0.5) is 5.69 Å². The van der Waals surface area contributed by atoms with Crippen LogP contribution in [0.5, 0.6) is 0 Å². The molecule has 1 aliphatic rings. The van der Waals surface area contributed by atoms with Gasteiger partial charge in [0.25, 0.3) is 0 Å². The van der Waals surface area contributed by atoms with Gasteiger partial charge >= 0.3 is 0 Å². The van der Waals surface area contributed by atoms with E-state index < -0.39 is 5.60 Å². The summed E-state index contributed by atoms with van der Waals surface area (Å²) < 4.78 is 0. The number of aliphatic hydroxyl groups is 1. The van der Waals surface area contributed by atoms with E-state index in [0.29, 0.717) is 11.6 Å². The van der Waals surface area contributed by atoms with E-state index >= 15 is 0 Å². The molecule has 0 saturated heterocycles. The second-order valence-corrected chi connectivity index (χ2v) is 4.62. The first-order valence-corrected chi connectivity index (χ1v) is 5.73. The minimum atomic E-state index is -0.716. The molecule has 1 aliphatic carbocycles. The van der Waals surface area contributed by atoms with Crippen molar-refractivity contribution in [1.29, 1.82) is 0 Å². The van der Waals surface area contributed by atoms with E-state index in [1.54, 1.807) is 0 Å². The van der Waals surface area contributed by atoms with Crippen molar-refractivity contribution in [3.05, 3.63) is 29.8 Å². The molecule has 2 heteroatoms. The molecule has 0 bridgehead atoms. The Balaban J connectivity index is 2.27. The molecule has 15 heavy (non-hydrogen) atoms. The van der Waals surface area contributed by atoms with Gasteiger partial charge in [-0.2, -0.15) is 0 Å². The van der Waals surface area contributed by atoms with Crippen LogP contribution in [-0.4, -0.2) is 5.11 Å². The number of nitrogen functional groups attached to an aromatic ring is 1. The Labute approximate surface area is 91.1 Å². The average molecular weight is 205 g/mol. The lowest BCUT2D eigenvalue weighted by atomic mass is 9.85. The number of benzene rings is 1. The van der Waals surface area contributed by atoms with Gasteiger partial charge in [0.05, 0.1) is 5.60 Å². The van der Waals surface area contributed by atoms with Gasteiger partial charge in [-0.15, -0.1) is 0 Å². The third-order valence-electron chi connectivity index (χ3n) is 3.37. The van der Waals surface area contributed by atoms with Gasteiger partial charge in [-0.3, -0.25) is 0 Å². The van der Waals surface area contributed by atoms with Gasteiger partial charge in [0.15, 0.2) is 0 Å². The summed E-state index contributed by atoms with van der Waals surface area (Å²) in [4.78, 5) is 0. The van der Waals surface area contributed by atoms with Crippen molar-refractivity contribution in [1.82, 2.24) is 0 Å². The van der Waals surface area contributed by atoms with Crippen molar-refractivity contribution in [2.24, 2.45) is 5.92 Å². The summed E-state index contributed by atoms with van der Waals surface area (Å²) >= 11 is 0. The zero-order valence-electron chi connectivity index (χ0n) is 9.24. The summed E-state index contributed by atoms with van der Waals surface area (Å²) in [6.07, 6.45) is 4.11. The number of hydrogen-bond donors (Lipinski definition) is 2. The van der Waals surface area contributed by atoms with E-state index in [9.17, 15) is 5.11 Å². The monoisotopic (exact) mass is 205 g/mol. The topological polar surface area (TPSA) is 46.2 Å². The smallest absolute Gasteiger partial charge is 0.0916 e. The number of nitrogens with two attached hydrogens (primary N) is 1. The van der Waals surface area contributed by atoms with Crippen LogP contribution in [0.25, 0.3) is 0 Å². The summed E-state index contributed by atoms with van der Waals surface area (Å²) in [6, 6.07) is 7.66. The van der Waals surface area contributed by atoms with Crippen molar-refractivity contribution in [2.45, 2.75) is 38.2 Å². The second kappa shape index (κ2) is 3.86. The molecule has 0 aromatic heterocycles. The van der Waals surface area contributed by atoms with Crippen LogP contribution in [0.1, 0.15) is 38.2 Å². The molecule has 1 unspecified atom stereocenters. The summed E-state index contributed by atoms with van der Waals surface area (Å²) in [7, 11) is 0. The molecular formula is C13H19NO. The van der Waals surface area contributed by atoms with E-state index in [1.165, 1.54) is 12.8 Å². The van der Waals surface area contributed by atoms with Crippen LogP contribution in [0.2, 0.25) is 0 Å². The standard InChI is InChI=1S/C13H19NO/c1-2-13(15,9-10-7-8-10)11-5-3-4-6-12(11)14/h3-6,10,15H,2,7-9,14H2,1H3. The predicted octanol–water partition coefficient (Wildman–Crippen LogP) is 2.67. The maximum Gasteiger partial charge on any atom is 0.0916 e. The first-order chi connectivity index (χ1) is 7.15. The lowest BCUT2D eigenvalue weighted by molar-refractivity contribution is 0.0184. The molecule has 2 rings (SSSR count). The minimum Gasteiger partial charge on any atom is -0.398 e. The second-order valence-electron chi connectivity index (χ2n) is 4.62. The first kappa shape index (κ1) is 10.5. The average Bonchev–Trinajstić information content (AvgIpc) is 3.02. The SMILES string of the molecule is CCC(O)(CC1CC1)c1ccccc1N. The predicted molar refractivity (Wildman–Crippen MR) is 62.4 cm³/mol. The van der Waals surface area contributed by atoms with Crippen LogP contribution in [0, 0.1) is 5.92 Å². The molecule has 3 N–H and O–H groups in total. The van der Waals surface area contributed by atoms with E-state index in [2.05, 4.69) is 0 Å². The molecule has 0 spiro atoms. The fraction of sp³-hybridized carbons (Fsp3) is 0.538. The number of rotatable bonds is 4. The van der Waals surface area contributed by atoms with Gasteiger partial charge in [-0.1, -0.05) is 38.0 Å². The maximum absolute atomic E-state index is 10.6. The molecule has 1 saturated carbocycles. The van der Waals surface area contributed by atoms with E-state index in [4.69, 9.17) is 5.73 Å². The fourth-order valence-electron chi connectivity index (χ4n) is 2.17.